The molecular formula is C7H12BrO. The van der Waals surface area contributed by atoms with Gasteiger partial charge in [-0.2, -0.15) is 0 Å². The van der Waals surface area contributed by atoms with E-state index in [-0.39, 0.29) is 10.1 Å². The summed E-state index contributed by atoms with van der Waals surface area (Å²) in [6.45, 7) is 7.30. The summed E-state index contributed by atoms with van der Waals surface area (Å²) in [5.74, 6) is 0.220. The van der Waals surface area contributed by atoms with Gasteiger partial charge in [-0.3, -0.25) is 4.79 Å². The molecule has 0 atom stereocenters. The van der Waals surface area contributed by atoms with Crippen LogP contribution in [0.25, 0.3) is 0 Å². The molecule has 53 valence electrons. The van der Waals surface area contributed by atoms with Crippen LogP contribution < -0.4 is 0 Å². The lowest BCUT2D eigenvalue weighted by molar-refractivity contribution is -0.120. The van der Waals surface area contributed by atoms with Crippen molar-refractivity contribution in [2.75, 3.05) is 0 Å². The van der Waals surface area contributed by atoms with E-state index in [1.807, 2.05) is 13.8 Å². The van der Waals surface area contributed by atoms with Crippen LogP contribution in [0.2, 0.25) is 0 Å². The SMILES string of the molecule is [CH2]CCC(=O)C(C)(C)Br. The zero-order valence-corrected chi connectivity index (χ0v) is 7.49. The first-order chi connectivity index (χ1) is 3.98. The normalized spacial score (nSPS) is 11.6. The Kier molecular flexibility index (Phi) is 3.41. The highest BCUT2D eigenvalue weighted by Gasteiger charge is 2.21. The third-order valence-electron chi connectivity index (χ3n) is 1.07. The monoisotopic (exact) mass is 191 g/mol. The second kappa shape index (κ2) is 3.35. The molecule has 0 aromatic heterocycles. The highest BCUT2D eigenvalue weighted by molar-refractivity contribution is 9.10. The Morgan fingerprint density at radius 2 is 2.11 bits per heavy atom. The third-order valence-corrected chi connectivity index (χ3v) is 1.51. The number of Topliss-reactive ketones (excluding diaryl/α,β-unsaturated/α-hetero) is 1. The molecule has 2 heteroatoms. The van der Waals surface area contributed by atoms with Gasteiger partial charge < -0.3 is 0 Å². The van der Waals surface area contributed by atoms with Crippen molar-refractivity contribution in [3.05, 3.63) is 6.92 Å². The first-order valence-electron chi connectivity index (χ1n) is 3.00. The van der Waals surface area contributed by atoms with Gasteiger partial charge in [0.05, 0.1) is 4.32 Å². The van der Waals surface area contributed by atoms with Crippen LogP contribution in [0.4, 0.5) is 0 Å². The summed E-state index contributed by atoms with van der Waals surface area (Å²) in [6.07, 6.45) is 1.26. The fraction of sp³-hybridized carbons (Fsp3) is 0.714. The molecule has 1 radical (unpaired) electrons. The van der Waals surface area contributed by atoms with Gasteiger partial charge in [0.2, 0.25) is 0 Å². The van der Waals surface area contributed by atoms with Crippen LogP contribution in [0.15, 0.2) is 0 Å². The van der Waals surface area contributed by atoms with Crippen LogP contribution in [-0.2, 0) is 4.79 Å². The Morgan fingerprint density at radius 3 is 2.22 bits per heavy atom. The van der Waals surface area contributed by atoms with E-state index in [0.717, 1.165) is 0 Å². The van der Waals surface area contributed by atoms with Gasteiger partial charge in [-0.25, -0.2) is 0 Å². The van der Waals surface area contributed by atoms with Gasteiger partial charge >= 0.3 is 0 Å². The van der Waals surface area contributed by atoms with Gasteiger partial charge in [-0.15, -0.1) is 0 Å². The number of hydrogen-bond donors (Lipinski definition) is 0. The summed E-state index contributed by atoms with van der Waals surface area (Å²) in [5, 5.41) is 0. The zero-order chi connectivity index (χ0) is 7.49. The summed E-state index contributed by atoms with van der Waals surface area (Å²) in [4.78, 5) is 11.0. The fourth-order valence-corrected chi connectivity index (χ4v) is 0.656. The maximum Gasteiger partial charge on any atom is 0.148 e. The number of carbonyl (C=O) groups is 1. The topological polar surface area (TPSA) is 17.1 Å². The molecule has 0 N–H and O–H groups in total. The van der Waals surface area contributed by atoms with E-state index in [4.69, 9.17) is 0 Å². The van der Waals surface area contributed by atoms with Crippen LogP contribution in [0.3, 0.4) is 0 Å². The molecule has 0 saturated carbocycles. The summed E-state index contributed by atoms with van der Waals surface area (Å²) in [7, 11) is 0. The Labute approximate surface area is 65.0 Å². The van der Waals surface area contributed by atoms with Crippen LogP contribution in [0.5, 0.6) is 0 Å². The lowest BCUT2D eigenvalue weighted by Crippen LogP contribution is -2.23. The van der Waals surface area contributed by atoms with Gasteiger partial charge in [0.1, 0.15) is 5.78 Å². The Balaban J connectivity index is 3.74. The Morgan fingerprint density at radius 1 is 1.67 bits per heavy atom. The molecular weight excluding hydrogens is 180 g/mol. The van der Waals surface area contributed by atoms with Crippen molar-refractivity contribution in [3.63, 3.8) is 0 Å². The Hall–Kier alpha value is 0.150. The second-order valence-corrected chi connectivity index (χ2v) is 4.48. The lowest BCUT2D eigenvalue weighted by atomic mass is 10.1. The van der Waals surface area contributed by atoms with Crippen molar-refractivity contribution in [2.24, 2.45) is 0 Å². The maximum absolute atomic E-state index is 11.0. The summed E-state index contributed by atoms with van der Waals surface area (Å²) in [6, 6.07) is 0. The molecule has 0 aliphatic carbocycles. The number of rotatable bonds is 3. The quantitative estimate of drug-likeness (QED) is 0.627. The third kappa shape index (κ3) is 3.68. The predicted octanol–water partition coefficient (Wildman–Crippen LogP) is 2.34. The maximum atomic E-state index is 11.0. The van der Waals surface area contributed by atoms with Gasteiger partial charge in [-0.1, -0.05) is 22.9 Å². The standard InChI is InChI=1S/C7H12BrO/c1-4-5-6(9)7(2,3)8/h1,4-5H2,2-3H3. The lowest BCUT2D eigenvalue weighted by Gasteiger charge is -2.12. The minimum absolute atomic E-state index is 0.220. The van der Waals surface area contributed by atoms with E-state index in [9.17, 15) is 4.79 Å². The molecule has 0 rings (SSSR count). The molecule has 1 nitrogen and oxygen atoms in total. The average molecular weight is 192 g/mol. The van der Waals surface area contributed by atoms with Gasteiger partial charge in [0, 0.05) is 6.42 Å². The van der Waals surface area contributed by atoms with Crippen molar-refractivity contribution >= 4 is 21.7 Å². The fourth-order valence-electron chi connectivity index (χ4n) is 0.458. The Bertz CT molecular complexity index is 102. The van der Waals surface area contributed by atoms with Crippen LogP contribution >= 0.6 is 15.9 Å². The van der Waals surface area contributed by atoms with Crippen molar-refractivity contribution in [1.29, 1.82) is 0 Å². The van der Waals surface area contributed by atoms with Crippen molar-refractivity contribution in [1.82, 2.24) is 0 Å². The molecule has 0 unspecified atom stereocenters. The molecule has 0 aliphatic rings. The molecule has 0 aliphatic heterocycles. The highest BCUT2D eigenvalue weighted by atomic mass is 79.9. The van der Waals surface area contributed by atoms with Crippen LogP contribution in [0.1, 0.15) is 26.7 Å². The van der Waals surface area contributed by atoms with E-state index < -0.39 is 0 Å². The predicted molar refractivity (Wildman–Crippen MR) is 42.6 cm³/mol. The first kappa shape index (κ1) is 9.15. The van der Waals surface area contributed by atoms with Gasteiger partial charge in [-0.05, 0) is 20.3 Å². The molecule has 0 aromatic carbocycles. The molecule has 0 aromatic rings. The summed E-state index contributed by atoms with van der Waals surface area (Å²) < 4.78 is -0.356. The van der Waals surface area contributed by atoms with Crippen molar-refractivity contribution in [3.8, 4) is 0 Å². The number of hydrogen-bond acceptors (Lipinski definition) is 1. The first-order valence-corrected chi connectivity index (χ1v) is 3.79. The van der Waals surface area contributed by atoms with E-state index >= 15 is 0 Å². The van der Waals surface area contributed by atoms with E-state index in [2.05, 4.69) is 22.9 Å². The molecule has 0 heterocycles. The average Bonchev–Trinajstić information content (AvgIpc) is 1.64. The highest BCUT2D eigenvalue weighted by Crippen LogP contribution is 2.18. The number of ketones is 1. The molecule has 0 amide bonds. The molecule has 0 fully saturated rings. The van der Waals surface area contributed by atoms with Gasteiger partial charge in [0.25, 0.3) is 0 Å². The van der Waals surface area contributed by atoms with E-state index in [1.54, 1.807) is 0 Å². The van der Waals surface area contributed by atoms with Gasteiger partial charge in [0.15, 0.2) is 0 Å². The van der Waals surface area contributed by atoms with Crippen LogP contribution in [0, 0.1) is 6.92 Å². The van der Waals surface area contributed by atoms with Crippen molar-refractivity contribution in [2.45, 2.75) is 31.0 Å². The second-order valence-electron chi connectivity index (χ2n) is 2.50. The summed E-state index contributed by atoms with van der Waals surface area (Å²) >= 11 is 3.27. The zero-order valence-electron chi connectivity index (χ0n) is 5.91. The van der Waals surface area contributed by atoms with Crippen LogP contribution in [-0.4, -0.2) is 10.1 Å². The number of carbonyl (C=O) groups excluding carboxylic acids is 1. The molecule has 0 saturated heterocycles. The largest absolute Gasteiger partial charge is 0.298 e. The molecule has 0 spiro atoms. The number of halogens is 1. The number of alkyl halides is 1. The smallest absolute Gasteiger partial charge is 0.148 e. The minimum atomic E-state index is -0.356. The van der Waals surface area contributed by atoms with E-state index in [0.29, 0.717) is 12.8 Å². The molecule has 0 bridgehead atoms. The minimum Gasteiger partial charge on any atom is -0.298 e. The summed E-state index contributed by atoms with van der Waals surface area (Å²) in [5.41, 5.74) is 0. The van der Waals surface area contributed by atoms with Crippen molar-refractivity contribution < 1.29 is 4.79 Å². The molecule has 9 heavy (non-hydrogen) atoms. The van der Waals surface area contributed by atoms with E-state index in [1.165, 1.54) is 0 Å².